The summed E-state index contributed by atoms with van der Waals surface area (Å²) in [5.74, 6) is 1.74. The summed E-state index contributed by atoms with van der Waals surface area (Å²) in [5, 5.41) is 9.83. The number of phenolic OH excluding ortho intramolecular Hbond substituents is 1. The molecule has 1 N–H and O–H groups in total. The quantitative estimate of drug-likeness (QED) is 0.650. The highest BCUT2D eigenvalue weighted by Crippen LogP contribution is 2.40. The highest BCUT2D eigenvalue weighted by Gasteiger charge is 2.33. The number of benzene rings is 3. The SMILES string of the molecule is COc1ccc(C=C2C(=O)c3cc(O)ccc3OC2c2ccc(OC)cc2)cc1. The van der Waals surface area contributed by atoms with Crippen LogP contribution in [0.1, 0.15) is 27.6 Å². The van der Waals surface area contributed by atoms with Gasteiger partial charge in [-0.15, -0.1) is 0 Å². The molecule has 1 atom stereocenters. The largest absolute Gasteiger partial charge is 0.508 e. The molecule has 0 saturated heterocycles. The van der Waals surface area contributed by atoms with E-state index in [-0.39, 0.29) is 11.5 Å². The summed E-state index contributed by atoms with van der Waals surface area (Å²) in [6, 6.07) is 19.4. The van der Waals surface area contributed by atoms with E-state index in [4.69, 9.17) is 14.2 Å². The number of phenols is 1. The Labute approximate surface area is 168 Å². The Morgan fingerprint density at radius 1 is 0.897 bits per heavy atom. The van der Waals surface area contributed by atoms with Gasteiger partial charge in [0, 0.05) is 5.57 Å². The average Bonchev–Trinajstić information content (AvgIpc) is 2.76. The maximum atomic E-state index is 13.3. The standard InChI is InChI=1S/C24H20O5/c1-27-18-8-3-15(4-9-18)13-21-23(26)20-14-17(25)7-12-22(20)29-24(21)16-5-10-19(28-2)11-6-16/h3-14,24-25H,1-2H3. The molecule has 1 aliphatic heterocycles. The van der Waals surface area contributed by atoms with Crippen molar-refractivity contribution in [3.05, 3.63) is 89.0 Å². The molecular formula is C24H20O5. The zero-order valence-corrected chi connectivity index (χ0v) is 16.1. The van der Waals surface area contributed by atoms with E-state index in [1.165, 1.54) is 12.1 Å². The lowest BCUT2D eigenvalue weighted by Crippen LogP contribution is -2.23. The minimum absolute atomic E-state index is 0.0207. The van der Waals surface area contributed by atoms with Crippen LogP contribution in [0.3, 0.4) is 0 Å². The van der Waals surface area contributed by atoms with Crippen LogP contribution in [-0.2, 0) is 0 Å². The van der Waals surface area contributed by atoms with E-state index in [2.05, 4.69) is 0 Å². The lowest BCUT2D eigenvalue weighted by atomic mass is 9.89. The molecule has 0 fully saturated rings. The van der Waals surface area contributed by atoms with Crippen LogP contribution >= 0.6 is 0 Å². The van der Waals surface area contributed by atoms with E-state index < -0.39 is 6.10 Å². The Morgan fingerprint density at radius 2 is 1.52 bits per heavy atom. The highest BCUT2D eigenvalue weighted by atomic mass is 16.5. The molecule has 5 heteroatoms. The predicted molar refractivity (Wildman–Crippen MR) is 110 cm³/mol. The average molecular weight is 388 g/mol. The molecule has 0 spiro atoms. The molecule has 0 radical (unpaired) electrons. The van der Waals surface area contributed by atoms with Gasteiger partial charge in [-0.1, -0.05) is 24.3 Å². The summed E-state index contributed by atoms with van der Waals surface area (Å²) in [6.07, 6.45) is 1.23. The van der Waals surface area contributed by atoms with E-state index >= 15 is 0 Å². The fourth-order valence-electron chi connectivity index (χ4n) is 3.31. The van der Waals surface area contributed by atoms with Crippen LogP contribution in [0, 0.1) is 0 Å². The number of carbonyl (C=O) groups is 1. The van der Waals surface area contributed by atoms with Gasteiger partial charge >= 0.3 is 0 Å². The maximum absolute atomic E-state index is 13.3. The number of ether oxygens (including phenoxy) is 3. The zero-order valence-electron chi connectivity index (χ0n) is 16.1. The third kappa shape index (κ3) is 3.67. The minimum atomic E-state index is -0.576. The van der Waals surface area contributed by atoms with E-state index in [1.807, 2.05) is 54.6 Å². The van der Waals surface area contributed by atoms with Crippen LogP contribution < -0.4 is 14.2 Å². The van der Waals surface area contributed by atoms with Crippen molar-refractivity contribution in [3.63, 3.8) is 0 Å². The van der Waals surface area contributed by atoms with Gasteiger partial charge in [-0.25, -0.2) is 0 Å². The normalized spacial score (nSPS) is 16.8. The molecular weight excluding hydrogens is 368 g/mol. The maximum Gasteiger partial charge on any atom is 0.196 e. The fourth-order valence-corrected chi connectivity index (χ4v) is 3.31. The number of rotatable bonds is 4. The topological polar surface area (TPSA) is 65.0 Å². The number of hydrogen-bond acceptors (Lipinski definition) is 5. The molecule has 1 aliphatic rings. The van der Waals surface area contributed by atoms with Gasteiger partial charge in [0.05, 0.1) is 19.8 Å². The second-order valence-electron chi connectivity index (χ2n) is 6.65. The number of aromatic hydroxyl groups is 1. The Kier molecular flexibility index (Phi) is 4.96. The van der Waals surface area contributed by atoms with Crippen molar-refractivity contribution in [3.8, 4) is 23.0 Å². The van der Waals surface area contributed by atoms with Gasteiger partial charge in [-0.2, -0.15) is 0 Å². The number of hydrogen-bond donors (Lipinski definition) is 1. The Bertz CT molecular complexity index is 1070. The van der Waals surface area contributed by atoms with Crippen molar-refractivity contribution in [1.29, 1.82) is 0 Å². The van der Waals surface area contributed by atoms with E-state index in [9.17, 15) is 9.90 Å². The number of ketones is 1. The summed E-state index contributed by atoms with van der Waals surface area (Å²) in [5.41, 5.74) is 2.51. The predicted octanol–water partition coefficient (Wildman–Crippen LogP) is 4.81. The third-order valence-corrected chi connectivity index (χ3v) is 4.85. The monoisotopic (exact) mass is 388 g/mol. The molecule has 1 heterocycles. The van der Waals surface area contributed by atoms with E-state index in [0.717, 1.165) is 22.6 Å². The minimum Gasteiger partial charge on any atom is -0.508 e. The van der Waals surface area contributed by atoms with Gasteiger partial charge in [0.25, 0.3) is 0 Å². The molecule has 0 aliphatic carbocycles. The van der Waals surface area contributed by atoms with Crippen molar-refractivity contribution < 1.29 is 24.1 Å². The third-order valence-electron chi connectivity index (χ3n) is 4.85. The van der Waals surface area contributed by atoms with Crippen LogP contribution in [0.5, 0.6) is 23.0 Å². The van der Waals surface area contributed by atoms with Crippen molar-refractivity contribution in [2.24, 2.45) is 0 Å². The Hall–Kier alpha value is -3.73. The molecule has 0 bridgehead atoms. The van der Waals surface area contributed by atoms with E-state index in [1.54, 1.807) is 20.3 Å². The molecule has 5 nitrogen and oxygen atoms in total. The van der Waals surface area contributed by atoms with Gasteiger partial charge in [-0.3, -0.25) is 4.79 Å². The number of fused-ring (bicyclic) bond motifs is 1. The Balaban J connectivity index is 1.81. The Morgan fingerprint density at radius 3 is 2.14 bits per heavy atom. The summed E-state index contributed by atoms with van der Waals surface area (Å²) < 4.78 is 16.6. The number of Topliss-reactive ketones (excluding diaryl/α,β-unsaturated/α-hetero) is 1. The van der Waals surface area contributed by atoms with Gasteiger partial charge < -0.3 is 19.3 Å². The first-order chi connectivity index (χ1) is 14.1. The second kappa shape index (κ2) is 7.72. The summed E-state index contributed by atoms with van der Waals surface area (Å²) >= 11 is 0. The van der Waals surface area contributed by atoms with Crippen molar-refractivity contribution in [1.82, 2.24) is 0 Å². The lowest BCUT2D eigenvalue weighted by Gasteiger charge is -2.28. The van der Waals surface area contributed by atoms with Crippen molar-refractivity contribution in [2.75, 3.05) is 14.2 Å². The molecule has 29 heavy (non-hydrogen) atoms. The zero-order chi connectivity index (χ0) is 20.4. The first-order valence-electron chi connectivity index (χ1n) is 9.13. The number of methoxy groups -OCH3 is 2. The smallest absolute Gasteiger partial charge is 0.196 e. The highest BCUT2D eigenvalue weighted by molar-refractivity contribution is 6.14. The van der Waals surface area contributed by atoms with Crippen molar-refractivity contribution >= 4 is 11.9 Å². The molecule has 1 unspecified atom stereocenters. The van der Waals surface area contributed by atoms with Gasteiger partial charge in [0.15, 0.2) is 11.9 Å². The molecule has 3 aromatic carbocycles. The van der Waals surface area contributed by atoms with Crippen LogP contribution in [0.15, 0.2) is 72.3 Å². The summed E-state index contributed by atoms with van der Waals surface area (Å²) in [4.78, 5) is 13.3. The van der Waals surface area contributed by atoms with Gasteiger partial charge in [0.1, 0.15) is 23.0 Å². The molecule has 0 amide bonds. The summed E-state index contributed by atoms with van der Waals surface area (Å²) in [7, 11) is 3.21. The van der Waals surface area contributed by atoms with E-state index in [0.29, 0.717) is 16.9 Å². The second-order valence-corrected chi connectivity index (χ2v) is 6.65. The van der Waals surface area contributed by atoms with Crippen LogP contribution in [-0.4, -0.2) is 25.1 Å². The van der Waals surface area contributed by atoms with Crippen LogP contribution in [0.25, 0.3) is 6.08 Å². The molecule has 0 aromatic heterocycles. The van der Waals surface area contributed by atoms with Gasteiger partial charge in [0.2, 0.25) is 0 Å². The fraction of sp³-hybridized carbons (Fsp3) is 0.125. The summed E-state index contributed by atoms with van der Waals surface area (Å²) in [6.45, 7) is 0. The number of carbonyl (C=O) groups excluding carboxylic acids is 1. The van der Waals surface area contributed by atoms with Crippen molar-refractivity contribution in [2.45, 2.75) is 6.10 Å². The van der Waals surface area contributed by atoms with Crippen LogP contribution in [0.2, 0.25) is 0 Å². The van der Waals surface area contributed by atoms with Gasteiger partial charge in [-0.05, 0) is 59.7 Å². The molecule has 146 valence electrons. The molecule has 0 saturated carbocycles. The first-order valence-corrected chi connectivity index (χ1v) is 9.13. The van der Waals surface area contributed by atoms with Crippen LogP contribution in [0.4, 0.5) is 0 Å². The first kappa shape index (κ1) is 18.6. The lowest BCUT2D eigenvalue weighted by molar-refractivity contribution is 0.0963. The molecule has 4 rings (SSSR count). The molecule has 3 aromatic rings.